The molecule has 0 radical (unpaired) electrons. The van der Waals surface area contributed by atoms with Crippen LogP contribution in [0.25, 0.3) is 0 Å². The van der Waals surface area contributed by atoms with Gasteiger partial charge in [-0.3, -0.25) is 4.79 Å². The fourth-order valence-corrected chi connectivity index (χ4v) is 5.48. The molecule has 2 N–H and O–H groups in total. The van der Waals surface area contributed by atoms with E-state index in [9.17, 15) is 15.3 Å². The number of carbonyl (C=O) groups is 1. The van der Waals surface area contributed by atoms with E-state index in [1.54, 1.807) is 12.1 Å². The summed E-state index contributed by atoms with van der Waals surface area (Å²) in [6.07, 6.45) is 7.54. The Labute approximate surface area is 170 Å². The molecule has 0 unspecified atom stereocenters. The zero-order valence-electron chi connectivity index (χ0n) is 16.0. The third-order valence-electron chi connectivity index (χ3n) is 6.61. The van der Waals surface area contributed by atoms with Gasteiger partial charge in [0, 0.05) is 30.8 Å². The zero-order chi connectivity index (χ0) is 19.6. The third kappa shape index (κ3) is 3.70. The number of nitriles is 2. The zero-order valence-corrected chi connectivity index (χ0v) is 16.8. The van der Waals surface area contributed by atoms with Gasteiger partial charge >= 0.3 is 0 Å². The van der Waals surface area contributed by atoms with Crippen molar-refractivity contribution in [2.75, 3.05) is 17.8 Å². The van der Waals surface area contributed by atoms with Crippen molar-refractivity contribution in [1.82, 2.24) is 9.62 Å². The van der Waals surface area contributed by atoms with Crippen LogP contribution in [0.4, 0.5) is 5.69 Å². The number of fused-ring (bicyclic) bond motifs is 3. The summed E-state index contributed by atoms with van der Waals surface area (Å²) in [6.45, 7) is 2.08. The van der Waals surface area contributed by atoms with Crippen molar-refractivity contribution >= 4 is 23.7 Å². The maximum atomic E-state index is 13.2. The van der Waals surface area contributed by atoms with Gasteiger partial charge in [0.05, 0.1) is 34.4 Å². The number of hydrogen-bond acceptors (Lipinski definition) is 6. The molecule has 4 fully saturated rings. The highest BCUT2D eigenvalue weighted by Crippen LogP contribution is 2.52. The first kappa shape index (κ1) is 19.1. The molecule has 1 aromatic carbocycles. The van der Waals surface area contributed by atoms with E-state index in [0.717, 1.165) is 57.3 Å². The van der Waals surface area contributed by atoms with Gasteiger partial charge in [0.1, 0.15) is 0 Å². The molecule has 4 aliphatic rings. The van der Waals surface area contributed by atoms with E-state index in [0.29, 0.717) is 11.1 Å². The molecule has 3 saturated carbocycles. The molecule has 5 rings (SSSR count). The predicted molar refractivity (Wildman–Crippen MR) is 109 cm³/mol. The van der Waals surface area contributed by atoms with Gasteiger partial charge < -0.3 is 10.0 Å². The summed E-state index contributed by atoms with van der Waals surface area (Å²) < 4.78 is 5.56. The topological polar surface area (TPSA) is 91.9 Å². The first-order valence-electron chi connectivity index (χ1n) is 10.0. The van der Waals surface area contributed by atoms with Crippen LogP contribution in [0.5, 0.6) is 0 Å². The standard InChI is InChI=1S/C21H25N5OS/c22-14-16-3-4-18(25-28-26-11-1-2-12-26)17(13-16)19(27)24-21-8-5-20(15-23,6-9-21)7-10-21/h3-4,13,25H,1-2,5-12H2,(H,24,27). The van der Waals surface area contributed by atoms with Crippen molar-refractivity contribution in [3.63, 3.8) is 0 Å². The Kier molecular flexibility index (Phi) is 5.23. The lowest BCUT2D eigenvalue weighted by molar-refractivity contribution is 0.0522. The Morgan fingerprint density at radius 2 is 1.75 bits per heavy atom. The molecule has 0 aromatic heterocycles. The average Bonchev–Trinajstić information content (AvgIpc) is 3.27. The van der Waals surface area contributed by atoms with Crippen LogP contribution < -0.4 is 10.0 Å². The van der Waals surface area contributed by atoms with Crippen LogP contribution in [0.15, 0.2) is 18.2 Å². The van der Waals surface area contributed by atoms with Gasteiger partial charge in [-0.2, -0.15) is 10.5 Å². The molecule has 6 nitrogen and oxygen atoms in total. The average molecular weight is 396 g/mol. The highest BCUT2D eigenvalue weighted by atomic mass is 32.2. The van der Waals surface area contributed by atoms with E-state index in [1.807, 2.05) is 6.07 Å². The van der Waals surface area contributed by atoms with Gasteiger partial charge in [-0.1, -0.05) is 0 Å². The van der Waals surface area contributed by atoms with Crippen molar-refractivity contribution in [2.24, 2.45) is 5.41 Å². The SMILES string of the molecule is N#Cc1ccc(NSN2CCCC2)c(C(=O)NC23CCC(C#N)(CC2)CC3)c1. The summed E-state index contributed by atoms with van der Waals surface area (Å²) in [6, 6.07) is 9.87. The van der Waals surface area contributed by atoms with E-state index >= 15 is 0 Å². The number of carbonyl (C=O) groups excluding carboxylic acids is 1. The summed E-state index contributed by atoms with van der Waals surface area (Å²) in [7, 11) is 0. The van der Waals surface area contributed by atoms with Crippen molar-refractivity contribution < 1.29 is 4.79 Å². The first-order chi connectivity index (χ1) is 13.6. The minimum absolute atomic E-state index is 0.132. The minimum Gasteiger partial charge on any atom is -0.347 e. The molecule has 1 saturated heterocycles. The Morgan fingerprint density at radius 1 is 1.07 bits per heavy atom. The van der Waals surface area contributed by atoms with E-state index in [1.165, 1.54) is 25.0 Å². The monoisotopic (exact) mass is 395 g/mol. The Bertz CT molecular complexity index is 825. The number of nitrogens with zero attached hydrogens (tertiary/aromatic N) is 3. The Morgan fingerprint density at radius 3 is 2.36 bits per heavy atom. The van der Waals surface area contributed by atoms with Crippen LogP contribution in [-0.4, -0.2) is 28.8 Å². The summed E-state index contributed by atoms with van der Waals surface area (Å²) in [5.41, 5.74) is 1.35. The summed E-state index contributed by atoms with van der Waals surface area (Å²) >= 11 is 1.53. The molecule has 0 spiro atoms. The van der Waals surface area contributed by atoms with Crippen molar-refractivity contribution in [3.05, 3.63) is 29.3 Å². The van der Waals surface area contributed by atoms with Gasteiger partial charge in [0.15, 0.2) is 0 Å². The van der Waals surface area contributed by atoms with Gasteiger partial charge in [0.2, 0.25) is 0 Å². The normalized spacial score (nSPS) is 29.1. The van der Waals surface area contributed by atoms with Crippen molar-refractivity contribution in [1.29, 1.82) is 10.5 Å². The molecular weight excluding hydrogens is 370 g/mol. The van der Waals surface area contributed by atoms with E-state index < -0.39 is 0 Å². The summed E-state index contributed by atoms with van der Waals surface area (Å²) in [4.78, 5) is 13.2. The van der Waals surface area contributed by atoms with Gasteiger partial charge in [-0.05, 0) is 69.6 Å². The number of benzene rings is 1. The van der Waals surface area contributed by atoms with Crippen molar-refractivity contribution in [3.8, 4) is 12.1 Å². The highest BCUT2D eigenvalue weighted by Gasteiger charge is 2.49. The van der Waals surface area contributed by atoms with Gasteiger partial charge in [-0.15, -0.1) is 0 Å². The maximum Gasteiger partial charge on any atom is 0.253 e. The molecule has 1 amide bonds. The van der Waals surface area contributed by atoms with Crippen molar-refractivity contribution in [2.45, 2.75) is 56.9 Å². The molecule has 1 heterocycles. The van der Waals surface area contributed by atoms with Crippen LogP contribution in [0.2, 0.25) is 0 Å². The Hall–Kier alpha value is -2.22. The van der Waals surface area contributed by atoms with Gasteiger partial charge in [0.25, 0.3) is 5.91 Å². The first-order valence-corrected chi connectivity index (χ1v) is 10.8. The maximum absolute atomic E-state index is 13.2. The molecule has 146 valence electrons. The summed E-state index contributed by atoms with van der Waals surface area (Å²) in [5.74, 6) is -0.132. The van der Waals surface area contributed by atoms with Crippen LogP contribution in [0.3, 0.4) is 0 Å². The largest absolute Gasteiger partial charge is 0.347 e. The lowest BCUT2D eigenvalue weighted by Gasteiger charge is -2.50. The Balaban J connectivity index is 1.50. The van der Waals surface area contributed by atoms with Crippen LogP contribution in [0.1, 0.15) is 67.3 Å². The fraction of sp³-hybridized carbons (Fsp3) is 0.571. The van der Waals surface area contributed by atoms with E-state index in [-0.39, 0.29) is 16.9 Å². The number of rotatable bonds is 5. The fourth-order valence-electron chi connectivity index (χ4n) is 4.63. The number of hydrogen-bond donors (Lipinski definition) is 2. The highest BCUT2D eigenvalue weighted by molar-refractivity contribution is 7.98. The molecule has 28 heavy (non-hydrogen) atoms. The third-order valence-corrected chi connectivity index (χ3v) is 7.54. The molecule has 2 bridgehead atoms. The molecule has 0 atom stereocenters. The molecular formula is C21H25N5OS. The number of anilines is 1. The molecule has 1 aromatic rings. The second-order valence-electron chi connectivity index (χ2n) is 8.33. The molecule has 1 aliphatic heterocycles. The molecule has 3 aliphatic carbocycles. The van der Waals surface area contributed by atoms with E-state index in [2.05, 4.69) is 26.5 Å². The number of nitrogens with one attached hydrogen (secondary N) is 2. The number of amides is 1. The van der Waals surface area contributed by atoms with Gasteiger partial charge in [-0.25, -0.2) is 4.31 Å². The summed E-state index contributed by atoms with van der Waals surface area (Å²) in [5, 5.41) is 22.0. The second-order valence-corrected chi connectivity index (χ2v) is 9.23. The van der Waals surface area contributed by atoms with Crippen LogP contribution in [0, 0.1) is 28.1 Å². The quantitative estimate of drug-likeness (QED) is 0.733. The van der Waals surface area contributed by atoms with Crippen LogP contribution >= 0.6 is 12.1 Å². The lowest BCUT2D eigenvalue weighted by Crippen LogP contribution is -2.56. The molecule has 7 heteroatoms. The smallest absolute Gasteiger partial charge is 0.253 e. The van der Waals surface area contributed by atoms with Crippen LogP contribution in [-0.2, 0) is 0 Å². The lowest BCUT2D eigenvalue weighted by atomic mass is 9.58. The minimum atomic E-state index is -0.211. The predicted octanol–water partition coefficient (Wildman–Crippen LogP) is 3.98. The van der Waals surface area contributed by atoms with E-state index in [4.69, 9.17) is 0 Å². The second kappa shape index (κ2) is 7.66.